The van der Waals surface area contributed by atoms with Gasteiger partial charge in [-0.15, -0.1) is 0 Å². The molecule has 1 fully saturated rings. The maximum Gasteiger partial charge on any atom is 0.231 e. The lowest BCUT2D eigenvalue weighted by atomic mass is 9.97. The van der Waals surface area contributed by atoms with Crippen LogP contribution in [0.5, 0.6) is 0 Å². The van der Waals surface area contributed by atoms with Gasteiger partial charge in [-0.05, 0) is 38.8 Å². The highest BCUT2D eigenvalue weighted by Crippen LogP contribution is 2.21. The number of piperidine rings is 1. The quantitative estimate of drug-likeness (QED) is 0.810. The van der Waals surface area contributed by atoms with Crippen LogP contribution in [-0.2, 0) is 16.1 Å². The minimum Gasteiger partial charge on any atom is -0.369 e. The molecule has 1 atom stereocenters. The highest BCUT2D eigenvalue weighted by atomic mass is 16.2. The summed E-state index contributed by atoms with van der Waals surface area (Å²) in [6.45, 7) is 6.16. The third-order valence-electron chi connectivity index (χ3n) is 4.93. The van der Waals surface area contributed by atoms with Crippen molar-refractivity contribution in [1.29, 1.82) is 0 Å². The third kappa shape index (κ3) is 4.95. The fraction of sp³-hybridized carbons (Fsp3) is 0.450. The van der Waals surface area contributed by atoms with Crippen molar-refractivity contribution >= 4 is 17.6 Å². The molecule has 0 bridgehead atoms. The van der Waals surface area contributed by atoms with Crippen molar-refractivity contribution in [1.82, 2.24) is 14.7 Å². The predicted octanol–water partition coefficient (Wildman–Crippen LogP) is 1.68. The van der Waals surface area contributed by atoms with E-state index >= 15 is 0 Å². The zero-order valence-corrected chi connectivity index (χ0v) is 15.9. The number of hydrogen-bond donors (Lipinski definition) is 2. The molecule has 2 amide bonds. The average Bonchev–Trinajstić information content (AvgIpc) is 2.95. The van der Waals surface area contributed by atoms with E-state index in [0.29, 0.717) is 13.1 Å². The lowest BCUT2D eigenvalue weighted by molar-refractivity contribution is -0.124. The van der Waals surface area contributed by atoms with Crippen molar-refractivity contribution in [2.24, 2.45) is 11.7 Å². The van der Waals surface area contributed by atoms with E-state index < -0.39 is 0 Å². The summed E-state index contributed by atoms with van der Waals surface area (Å²) in [6, 6.07) is 8.25. The smallest absolute Gasteiger partial charge is 0.231 e. The molecule has 3 N–H and O–H groups in total. The van der Waals surface area contributed by atoms with E-state index in [9.17, 15) is 9.59 Å². The van der Waals surface area contributed by atoms with Gasteiger partial charge in [0, 0.05) is 12.1 Å². The first-order valence-corrected chi connectivity index (χ1v) is 9.32. The molecule has 144 valence electrons. The number of nitrogens with one attached hydrogen (secondary N) is 1. The highest BCUT2D eigenvalue weighted by Gasteiger charge is 2.27. The summed E-state index contributed by atoms with van der Waals surface area (Å²) in [5.74, 6) is 0.190. The van der Waals surface area contributed by atoms with Crippen LogP contribution in [0.2, 0.25) is 0 Å². The molecule has 1 unspecified atom stereocenters. The molecule has 7 heteroatoms. The van der Waals surface area contributed by atoms with Crippen LogP contribution in [0.15, 0.2) is 30.5 Å². The number of primary amides is 1. The van der Waals surface area contributed by atoms with Crippen LogP contribution in [-0.4, -0.2) is 46.1 Å². The Morgan fingerprint density at radius 1 is 1.33 bits per heavy atom. The van der Waals surface area contributed by atoms with Crippen molar-refractivity contribution < 1.29 is 9.59 Å². The first-order chi connectivity index (χ1) is 12.9. The van der Waals surface area contributed by atoms with Gasteiger partial charge < -0.3 is 11.1 Å². The standard InChI is InChI=1S/C20H27N5O2/c1-14-5-3-6-16(9-14)11-25-19(15(2)10-22-25)23-20(27)17-7-4-8-24(12-17)13-18(21)26/h3,5-6,9-10,17H,4,7-8,11-13H2,1-2H3,(H2,21,26)(H,23,27). The Labute approximate surface area is 159 Å². The number of carbonyl (C=O) groups is 2. The molecule has 0 spiro atoms. The maximum atomic E-state index is 12.8. The Morgan fingerprint density at radius 2 is 2.15 bits per heavy atom. The molecular formula is C20H27N5O2. The molecule has 2 aromatic rings. The van der Waals surface area contributed by atoms with Gasteiger partial charge in [-0.2, -0.15) is 5.10 Å². The first kappa shape index (κ1) is 19.1. The molecule has 1 aromatic heterocycles. The molecule has 27 heavy (non-hydrogen) atoms. The second kappa shape index (κ2) is 8.35. The summed E-state index contributed by atoms with van der Waals surface area (Å²) in [6.07, 6.45) is 3.46. The largest absolute Gasteiger partial charge is 0.369 e. The van der Waals surface area contributed by atoms with E-state index in [4.69, 9.17) is 5.73 Å². The predicted molar refractivity (Wildman–Crippen MR) is 104 cm³/mol. The number of nitrogens with two attached hydrogens (primary N) is 1. The number of amides is 2. The molecular weight excluding hydrogens is 342 g/mol. The zero-order valence-electron chi connectivity index (χ0n) is 15.9. The van der Waals surface area contributed by atoms with Crippen LogP contribution in [0.1, 0.15) is 29.5 Å². The Hall–Kier alpha value is -2.67. The number of likely N-dealkylation sites (tertiary alicyclic amines) is 1. The van der Waals surface area contributed by atoms with E-state index in [1.165, 1.54) is 5.56 Å². The Balaban J connectivity index is 1.69. The molecule has 2 heterocycles. The van der Waals surface area contributed by atoms with Gasteiger partial charge in [0.1, 0.15) is 5.82 Å². The fourth-order valence-corrected chi connectivity index (χ4v) is 3.60. The second-order valence-electron chi connectivity index (χ2n) is 7.35. The van der Waals surface area contributed by atoms with Crippen LogP contribution >= 0.6 is 0 Å². The molecule has 1 aliphatic heterocycles. The molecule has 0 radical (unpaired) electrons. The Kier molecular flexibility index (Phi) is 5.91. The third-order valence-corrected chi connectivity index (χ3v) is 4.93. The van der Waals surface area contributed by atoms with Crippen LogP contribution in [0.4, 0.5) is 5.82 Å². The SMILES string of the molecule is Cc1cccc(Cn2ncc(C)c2NC(=O)C2CCCN(CC(N)=O)C2)c1. The van der Waals surface area contributed by atoms with Gasteiger partial charge in [0.2, 0.25) is 11.8 Å². The van der Waals surface area contributed by atoms with E-state index in [1.54, 1.807) is 6.20 Å². The summed E-state index contributed by atoms with van der Waals surface area (Å²) in [5.41, 5.74) is 8.55. The van der Waals surface area contributed by atoms with E-state index in [0.717, 1.165) is 36.3 Å². The molecule has 1 aliphatic rings. The van der Waals surface area contributed by atoms with Gasteiger partial charge in [0.15, 0.2) is 0 Å². The summed E-state index contributed by atoms with van der Waals surface area (Å²) < 4.78 is 1.83. The summed E-state index contributed by atoms with van der Waals surface area (Å²) in [7, 11) is 0. The summed E-state index contributed by atoms with van der Waals surface area (Å²) in [4.78, 5) is 25.9. The maximum absolute atomic E-state index is 12.8. The van der Waals surface area contributed by atoms with Gasteiger partial charge in [-0.25, -0.2) is 4.68 Å². The van der Waals surface area contributed by atoms with E-state index in [1.807, 2.05) is 22.6 Å². The van der Waals surface area contributed by atoms with Gasteiger partial charge in [-0.3, -0.25) is 14.5 Å². The average molecular weight is 369 g/mol. The number of benzene rings is 1. The number of aromatic nitrogens is 2. The van der Waals surface area contributed by atoms with Crippen molar-refractivity contribution in [3.05, 3.63) is 47.2 Å². The molecule has 3 rings (SSSR count). The number of carbonyl (C=O) groups excluding carboxylic acids is 2. The van der Waals surface area contributed by atoms with Crippen molar-refractivity contribution in [2.45, 2.75) is 33.2 Å². The fourth-order valence-electron chi connectivity index (χ4n) is 3.60. The zero-order chi connectivity index (χ0) is 19.4. The summed E-state index contributed by atoms with van der Waals surface area (Å²) >= 11 is 0. The second-order valence-corrected chi connectivity index (χ2v) is 7.35. The van der Waals surface area contributed by atoms with Gasteiger partial charge in [0.25, 0.3) is 0 Å². The minimum atomic E-state index is -0.358. The molecule has 1 saturated heterocycles. The van der Waals surface area contributed by atoms with Gasteiger partial charge >= 0.3 is 0 Å². The molecule has 0 aliphatic carbocycles. The molecule has 1 aromatic carbocycles. The van der Waals surface area contributed by atoms with Crippen LogP contribution in [0.25, 0.3) is 0 Å². The lowest BCUT2D eigenvalue weighted by Crippen LogP contribution is -2.44. The first-order valence-electron chi connectivity index (χ1n) is 9.32. The lowest BCUT2D eigenvalue weighted by Gasteiger charge is -2.31. The number of rotatable bonds is 6. The van der Waals surface area contributed by atoms with Gasteiger partial charge in [0.05, 0.1) is 25.2 Å². The Morgan fingerprint density at radius 3 is 2.89 bits per heavy atom. The van der Waals surface area contributed by atoms with Crippen molar-refractivity contribution in [3.8, 4) is 0 Å². The molecule has 0 saturated carbocycles. The number of aryl methyl sites for hydroxylation is 2. The summed E-state index contributed by atoms with van der Waals surface area (Å²) in [5, 5.41) is 7.48. The van der Waals surface area contributed by atoms with E-state index in [2.05, 4.69) is 35.5 Å². The van der Waals surface area contributed by atoms with Crippen molar-refractivity contribution in [3.63, 3.8) is 0 Å². The minimum absolute atomic E-state index is 0.0294. The van der Waals surface area contributed by atoms with E-state index in [-0.39, 0.29) is 24.3 Å². The monoisotopic (exact) mass is 369 g/mol. The number of nitrogens with zero attached hydrogens (tertiary/aromatic N) is 3. The number of anilines is 1. The normalized spacial score (nSPS) is 17.6. The highest BCUT2D eigenvalue weighted by molar-refractivity contribution is 5.92. The Bertz CT molecular complexity index is 830. The van der Waals surface area contributed by atoms with Crippen LogP contribution < -0.4 is 11.1 Å². The van der Waals surface area contributed by atoms with Gasteiger partial charge in [-0.1, -0.05) is 29.8 Å². The number of hydrogen-bond acceptors (Lipinski definition) is 4. The van der Waals surface area contributed by atoms with Crippen LogP contribution in [0.3, 0.4) is 0 Å². The topological polar surface area (TPSA) is 93.2 Å². The van der Waals surface area contributed by atoms with Crippen molar-refractivity contribution in [2.75, 3.05) is 25.0 Å². The molecule has 7 nitrogen and oxygen atoms in total. The van der Waals surface area contributed by atoms with Crippen LogP contribution in [0, 0.1) is 19.8 Å².